The minimum atomic E-state index is -0.433. The number of carbonyl (C=O) groups excluding carboxylic acids is 1. The van der Waals surface area contributed by atoms with Crippen LogP contribution < -0.4 is 4.74 Å². The van der Waals surface area contributed by atoms with Crippen LogP contribution in [0.2, 0.25) is 0 Å². The molecule has 3 rings (SSSR count). The van der Waals surface area contributed by atoms with Crippen LogP contribution in [0.25, 0.3) is 0 Å². The summed E-state index contributed by atoms with van der Waals surface area (Å²) in [4.78, 5) is 14.0. The standard InChI is InChI=1S/C17H23NO3/c1-16(2,3)21-15(19)18-10-13-9-17(13,11-18)12-5-7-14(20-4)8-6-12/h5-8,13H,9-11H2,1-4H3. The Morgan fingerprint density at radius 1 is 1.29 bits per heavy atom. The van der Waals surface area contributed by atoms with Crippen LogP contribution in [0, 0.1) is 5.92 Å². The van der Waals surface area contributed by atoms with Crippen LogP contribution in [0.3, 0.4) is 0 Å². The van der Waals surface area contributed by atoms with Crippen LogP contribution in [0.15, 0.2) is 24.3 Å². The van der Waals surface area contributed by atoms with Gasteiger partial charge in [0.15, 0.2) is 0 Å². The van der Waals surface area contributed by atoms with Crippen molar-refractivity contribution < 1.29 is 14.3 Å². The number of rotatable bonds is 2. The number of carbonyl (C=O) groups is 1. The molecule has 1 saturated carbocycles. The summed E-state index contributed by atoms with van der Waals surface area (Å²) in [5.74, 6) is 1.44. The molecule has 1 saturated heterocycles. The smallest absolute Gasteiger partial charge is 0.410 e. The number of nitrogens with zero attached hydrogens (tertiary/aromatic N) is 1. The molecule has 4 nitrogen and oxygen atoms in total. The van der Waals surface area contributed by atoms with E-state index in [2.05, 4.69) is 12.1 Å². The normalized spacial score (nSPS) is 27.2. The highest BCUT2D eigenvalue weighted by Gasteiger charge is 2.62. The van der Waals surface area contributed by atoms with Gasteiger partial charge in [-0.15, -0.1) is 0 Å². The molecule has 2 unspecified atom stereocenters. The largest absolute Gasteiger partial charge is 0.497 e. The van der Waals surface area contributed by atoms with Crippen molar-refractivity contribution in [2.24, 2.45) is 5.92 Å². The summed E-state index contributed by atoms with van der Waals surface area (Å²) < 4.78 is 10.7. The van der Waals surface area contributed by atoms with E-state index in [1.807, 2.05) is 37.8 Å². The summed E-state index contributed by atoms with van der Waals surface area (Å²) in [5.41, 5.74) is 1.01. The molecule has 1 aromatic carbocycles. The first-order chi connectivity index (χ1) is 9.84. The third kappa shape index (κ3) is 2.59. The second kappa shape index (κ2) is 4.65. The molecule has 0 aromatic heterocycles. The summed E-state index contributed by atoms with van der Waals surface area (Å²) >= 11 is 0. The number of likely N-dealkylation sites (tertiary alicyclic amines) is 1. The minimum absolute atomic E-state index is 0.142. The van der Waals surface area contributed by atoms with Crippen LogP contribution >= 0.6 is 0 Å². The Morgan fingerprint density at radius 2 is 1.95 bits per heavy atom. The van der Waals surface area contributed by atoms with Gasteiger partial charge in [-0.2, -0.15) is 0 Å². The van der Waals surface area contributed by atoms with Gasteiger partial charge < -0.3 is 14.4 Å². The van der Waals surface area contributed by atoms with Gasteiger partial charge in [0.2, 0.25) is 0 Å². The average Bonchev–Trinajstić information content (AvgIpc) is 2.99. The molecular formula is C17H23NO3. The molecule has 0 spiro atoms. The van der Waals surface area contributed by atoms with Crippen molar-refractivity contribution in [3.8, 4) is 5.75 Å². The number of ether oxygens (including phenoxy) is 2. The van der Waals surface area contributed by atoms with E-state index in [4.69, 9.17) is 9.47 Å². The molecule has 0 bridgehead atoms. The fourth-order valence-electron chi connectivity index (χ4n) is 3.32. The molecule has 1 aromatic rings. The molecule has 0 N–H and O–H groups in total. The maximum atomic E-state index is 12.2. The van der Waals surface area contributed by atoms with Gasteiger partial charge >= 0.3 is 6.09 Å². The molecule has 1 heterocycles. The highest BCUT2D eigenvalue weighted by Crippen LogP contribution is 2.59. The van der Waals surface area contributed by atoms with Gasteiger partial charge in [-0.05, 0) is 50.8 Å². The molecular weight excluding hydrogens is 266 g/mol. The lowest BCUT2D eigenvalue weighted by Gasteiger charge is -2.26. The predicted molar refractivity (Wildman–Crippen MR) is 80.6 cm³/mol. The van der Waals surface area contributed by atoms with Gasteiger partial charge in [0.1, 0.15) is 11.4 Å². The van der Waals surface area contributed by atoms with E-state index in [1.165, 1.54) is 12.0 Å². The maximum Gasteiger partial charge on any atom is 0.410 e. The van der Waals surface area contributed by atoms with Gasteiger partial charge in [-0.25, -0.2) is 4.79 Å². The van der Waals surface area contributed by atoms with E-state index in [1.54, 1.807) is 7.11 Å². The van der Waals surface area contributed by atoms with Crippen LogP contribution in [0.5, 0.6) is 5.75 Å². The van der Waals surface area contributed by atoms with Crippen LogP contribution in [0.1, 0.15) is 32.8 Å². The highest BCUT2D eigenvalue weighted by molar-refractivity contribution is 5.69. The summed E-state index contributed by atoms with van der Waals surface area (Å²) in [7, 11) is 1.67. The number of hydrogen-bond donors (Lipinski definition) is 0. The van der Waals surface area contributed by atoms with Crippen LogP contribution in [-0.4, -0.2) is 36.8 Å². The van der Waals surface area contributed by atoms with Crippen molar-refractivity contribution in [1.29, 1.82) is 0 Å². The first-order valence-corrected chi connectivity index (χ1v) is 7.46. The summed E-state index contributed by atoms with van der Waals surface area (Å²) in [6.07, 6.45) is 0.973. The number of methoxy groups -OCH3 is 1. The number of hydrogen-bond acceptors (Lipinski definition) is 3. The molecule has 4 heteroatoms. The highest BCUT2D eigenvalue weighted by atomic mass is 16.6. The van der Waals surface area contributed by atoms with Gasteiger partial charge in [-0.3, -0.25) is 0 Å². The fraction of sp³-hybridized carbons (Fsp3) is 0.588. The Bertz CT molecular complexity index is 546. The number of piperidine rings is 1. The first-order valence-electron chi connectivity index (χ1n) is 7.46. The van der Waals surface area contributed by atoms with E-state index in [-0.39, 0.29) is 11.5 Å². The first kappa shape index (κ1) is 14.2. The van der Waals surface area contributed by atoms with E-state index in [0.29, 0.717) is 5.92 Å². The van der Waals surface area contributed by atoms with E-state index in [0.717, 1.165) is 18.8 Å². The molecule has 1 aliphatic carbocycles. The second-order valence-corrected chi connectivity index (χ2v) is 7.15. The van der Waals surface area contributed by atoms with Crippen LogP contribution in [-0.2, 0) is 10.2 Å². The van der Waals surface area contributed by atoms with Crippen LogP contribution in [0.4, 0.5) is 4.79 Å². The Morgan fingerprint density at radius 3 is 2.52 bits per heavy atom. The van der Waals surface area contributed by atoms with Gasteiger partial charge in [-0.1, -0.05) is 12.1 Å². The molecule has 0 radical (unpaired) electrons. The van der Waals surface area contributed by atoms with Gasteiger partial charge in [0.25, 0.3) is 0 Å². The molecule has 1 aliphatic heterocycles. The zero-order valence-corrected chi connectivity index (χ0v) is 13.2. The lowest BCUT2D eigenvalue weighted by Crippen LogP contribution is -2.37. The van der Waals surface area contributed by atoms with Crippen molar-refractivity contribution in [3.63, 3.8) is 0 Å². The van der Waals surface area contributed by atoms with Crippen molar-refractivity contribution in [1.82, 2.24) is 4.90 Å². The Balaban J connectivity index is 1.70. The van der Waals surface area contributed by atoms with Crippen molar-refractivity contribution in [2.75, 3.05) is 20.2 Å². The quantitative estimate of drug-likeness (QED) is 0.839. The minimum Gasteiger partial charge on any atom is -0.497 e. The molecule has 2 aliphatic rings. The molecule has 2 atom stereocenters. The average molecular weight is 289 g/mol. The van der Waals surface area contributed by atoms with Crippen molar-refractivity contribution >= 4 is 6.09 Å². The predicted octanol–water partition coefficient (Wildman–Crippen LogP) is 3.20. The monoisotopic (exact) mass is 289 g/mol. The zero-order valence-electron chi connectivity index (χ0n) is 13.2. The second-order valence-electron chi connectivity index (χ2n) is 7.15. The van der Waals surface area contributed by atoms with Gasteiger partial charge in [0.05, 0.1) is 7.11 Å². The third-order valence-electron chi connectivity index (χ3n) is 4.46. The SMILES string of the molecule is COc1ccc(C23CC2CN(C(=O)OC(C)(C)C)C3)cc1. The lowest BCUT2D eigenvalue weighted by atomic mass is 9.95. The number of benzene rings is 1. The lowest BCUT2D eigenvalue weighted by molar-refractivity contribution is 0.0270. The third-order valence-corrected chi connectivity index (χ3v) is 4.46. The van der Waals surface area contributed by atoms with E-state index in [9.17, 15) is 4.79 Å². The Labute approximate surface area is 126 Å². The zero-order chi connectivity index (χ0) is 15.3. The summed E-state index contributed by atoms with van der Waals surface area (Å²) in [6.45, 7) is 7.28. The Kier molecular flexibility index (Phi) is 3.15. The van der Waals surface area contributed by atoms with E-state index < -0.39 is 5.60 Å². The van der Waals surface area contributed by atoms with Crippen molar-refractivity contribution in [2.45, 2.75) is 38.2 Å². The molecule has 21 heavy (non-hydrogen) atoms. The number of fused-ring (bicyclic) bond motifs is 1. The fourth-order valence-corrected chi connectivity index (χ4v) is 3.32. The molecule has 114 valence electrons. The Hall–Kier alpha value is -1.71. The molecule has 1 amide bonds. The van der Waals surface area contributed by atoms with E-state index >= 15 is 0 Å². The summed E-state index contributed by atoms with van der Waals surface area (Å²) in [5, 5.41) is 0. The molecule has 2 fully saturated rings. The topological polar surface area (TPSA) is 38.8 Å². The van der Waals surface area contributed by atoms with Gasteiger partial charge in [0, 0.05) is 18.5 Å². The summed E-state index contributed by atoms with van der Waals surface area (Å²) in [6, 6.07) is 8.24. The van der Waals surface area contributed by atoms with Crippen molar-refractivity contribution in [3.05, 3.63) is 29.8 Å². The number of amides is 1. The maximum absolute atomic E-state index is 12.2.